The van der Waals surface area contributed by atoms with Crippen molar-refractivity contribution < 1.29 is 29.0 Å². The molecule has 0 aliphatic carbocycles. The van der Waals surface area contributed by atoms with Crippen LogP contribution in [0.15, 0.2) is 12.1 Å². The fourth-order valence-electron chi connectivity index (χ4n) is 1.61. The van der Waals surface area contributed by atoms with E-state index in [9.17, 15) is 14.4 Å². The van der Waals surface area contributed by atoms with Crippen LogP contribution in [0.2, 0.25) is 0 Å². The van der Waals surface area contributed by atoms with Crippen LogP contribution in [0.1, 0.15) is 36.6 Å². The van der Waals surface area contributed by atoms with Gasteiger partial charge in [-0.05, 0) is 17.7 Å². The van der Waals surface area contributed by atoms with Gasteiger partial charge in [0.25, 0.3) is 0 Å². The lowest BCUT2D eigenvalue weighted by Crippen LogP contribution is -2.08. The molecular formula is C11H8O6. The molecule has 1 N–H and O–H groups in total. The minimum absolute atomic E-state index is 0.00704. The molecule has 0 spiro atoms. The third-order valence-corrected chi connectivity index (χ3v) is 2.44. The van der Waals surface area contributed by atoms with Crippen LogP contribution in [0.5, 0.6) is 0 Å². The first-order valence-electron chi connectivity index (χ1n) is 4.71. The zero-order valence-corrected chi connectivity index (χ0v) is 8.85. The first-order valence-corrected chi connectivity index (χ1v) is 4.71. The number of cyclic esters (lactones) is 2. The highest BCUT2D eigenvalue weighted by atomic mass is 16.6. The van der Waals surface area contributed by atoms with E-state index in [0.717, 1.165) is 0 Å². The van der Waals surface area contributed by atoms with Gasteiger partial charge in [0.2, 0.25) is 0 Å². The molecule has 0 atom stereocenters. The number of aliphatic hydroxyl groups is 1. The van der Waals surface area contributed by atoms with Gasteiger partial charge in [0.05, 0.1) is 30.4 Å². The SMILES string of the molecule is COC(=O)c1cc2c(cc1CO)C(=O)OC2=O. The number of rotatable bonds is 2. The molecule has 0 saturated carbocycles. The van der Waals surface area contributed by atoms with Crippen LogP contribution in [-0.2, 0) is 16.1 Å². The largest absolute Gasteiger partial charge is 0.465 e. The van der Waals surface area contributed by atoms with Crippen LogP contribution in [0.25, 0.3) is 0 Å². The highest BCUT2D eigenvalue weighted by Gasteiger charge is 2.32. The van der Waals surface area contributed by atoms with Gasteiger partial charge in [-0.25, -0.2) is 14.4 Å². The molecule has 1 heterocycles. The predicted octanol–water partition coefficient (Wildman–Crippen LogP) is 0.276. The van der Waals surface area contributed by atoms with E-state index < -0.39 is 24.5 Å². The van der Waals surface area contributed by atoms with Gasteiger partial charge in [0, 0.05) is 0 Å². The molecule has 6 nitrogen and oxygen atoms in total. The van der Waals surface area contributed by atoms with Gasteiger partial charge in [0.1, 0.15) is 0 Å². The van der Waals surface area contributed by atoms with Gasteiger partial charge in [0.15, 0.2) is 0 Å². The van der Waals surface area contributed by atoms with E-state index in [4.69, 9.17) is 5.11 Å². The van der Waals surface area contributed by atoms with E-state index in [1.807, 2.05) is 0 Å². The fraction of sp³-hybridized carbons (Fsp3) is 0.182. The monoisotopic (exact) mass is 236 g/mol. The van der Waals surface area contributed by atoms with Gasteiger partial charge >= 0.3 is 17.9 Å². The number of ether oxygens (including phenoxy) is 2. The topological polar surface area (TPSA) is 89.9 Å². The van der Waals surface area contributed by atoms with Crippen LogP contribution < -0.4 is 0 Å². The maximum atomic E-state index is 11.4. The predicted molar refractivity (Wildman–Crippen MR) is 53.5 cm³/mol. The van der Waals surface area contributed by atoms with Gasteiger partial charge in [-0.2, -0.15) is 0 Å². The number of hydrogen-bond donors (Lipinski definition) is 1. The molecule has 0 radical (unpaired) electrons. The number of esters is 3. The molecule has 1 aliphatic rings. The maximum absolute atomic E-state index is 11.4. The summed E-state index contributed by atoms with van der Waals surface area (Å²) >= 11 is 0. The van der Waals surface area contributed by atoms with E-state index in [-0.39, 0.29) is 22.3 Å². The second-order valence-electron chi connectivity index (χ2n) is 3.38. The van der Waals surface area contributed by atoms with Crippen molar-refractivity contribution in [2.45, 2.75) is 6.61 Å². The molecule has 17 heavy (non-hydrogen) atoms. The van der Waals surface area contributed by atoms with Crippen molar-refractivity contribution in [2.75, 3.05) is 7.11 Å². The maximum Gasteiger partial charge on any atom is 0.346 e. The molecule has 88 valence electrons. The molecule has 0 bridgehead atoms. The molecule has 1 aromatic rings. The van der Waals surface area contributed by atoms with Crippen molar-refractivity contribution in [1.82, 2.24) is 0 Å². The Bertz CT molecular complexity index is 531. The van der Waals surface area contributed by atoms with E-state index in [0.29, 0.717) is 0 Å². The Morgan fingerprint density at radius 2 is 1.88 bits per heavy atom. The third kappa shape index (κ3) is 1.68. The molecule has 0 fully saturated rings. The zero-order chi connectivity index (χ0) is 12.6. The second-order valence-corrected chi connectivity index (χ2v) is 3.38. The Hall–Kier alpha value is -2.21. The minimum atomic E-state index is -0.806. The average molecular weight is 236 g/mol. The highest BCUT2D eigenvalue weighted by molar-refractivity contribution is 6.15. The normalized spacial score (nSPS) is 13.3. The Labute approximate surface area is 95.8 Å². The van der Waals surface area contributed by atoms with E-state index in [1.54, 1.807) is 0 Å². The van der Waals surface area contributed by atoms with Crippen molar-refractivity contribution in [3.8, 4) is 0 Å². The van der Waals surface area contributed by atoms with E-state index in [2.05, 4.69) is 9.47 Å². The summed E-state index contributed by atoms with van der Waals surface area (Å²) in [6.45, 7) is -0.445. The Kier molecular flexibility index (Phi) is 2.64. The molecule has 1 aliphatic heterocycles. The number of carbonyl (C=O) groups excluding carboxylic acids is 3. The smallest absolute Gasteiger partial charge is 0.346 e. The molecule has 0 amide bonds. The number of aliphatic hydroxyl groups excluding tert-OH is 1. The number of carbonyl (C=O) groups is 3. The number of hydrogen-bond acceptors (Lipinski definition) is 6. The quantitative estimate of drug-likeness (QED) is 0.585. The zero-order valence-electron chi connectivity index (χ0n) is 8.85. The summed E-state index contributed by atoms with van der Waals surface area (Å²) in [5.41, 5.74) is 0.307. The van der Waals surface area contributed by atoms with Crippen molar-refractivity contribution in [3.05, 3.63) is 34.4 Å². The molecule has 0 unspecified atom stereocenters. The molecule has 1 aromatic carbocycles. The number of fused-ring (bicyclic) bond motifs is 1. The average Bonchev–Trinajstić information content (AvgIpc) is 2.62. The Morgan fingerprint density at radius 1 is 1.29 bits per heavy atom. The van der Waals surface area contributed by atoms with Gasteiger partial charge < -0.3 is 14.6 Å². The van der Waals surface area contributed by atoms with Crippen molar-refractivity contribution in [2.24, 2.45) is 0 Å². The summed E-state index contributed by atoms with van der Waals surface area (Å²) in [5, 5.41) is 9.10. The van der Waals surface area contributed by atoms with Crippen molar-refractivity contribution in [1.29, 1.82) is 0 Å². The van der Waals surface area contributed by atoms with Crippen molar-refractivity contribution >= 4 is 17.9 Å². The molecule has 0 saturated heterocycles. The molecule has 2 rings (SSSR count). The first-order chi connectivity index (χ1) is 8.08. The minimum Gasteiger partial charge on any atom is -0.465 e. The van der Waals surface area contributed by atoms with Crippen LogP contribution in [0.3, 0.4) is 0 Å². The third-order valence-electron chi connectivity index (χ3n) is 2.44. The number of benzene rings is 1. The summed E-state index contributed by atoms with van der Waals surface area (Å²) in [4.78, 5) is 33.9. The molecular weight excluding hydrogens is 228 g/mol. The van der Waals surface area contributed by atoms with Crippen LogP contribution in [0.4, 0.5) is 0 Å². The Morgan fingerprint density at radius 3 is 2.41 bits per heavy atom. The second kappa shape index (κ2) is 3.99. The van der Waals surface area contributed by atoms with E-state index in [1.165, 1.54) is 19.2 Å². The summed E-state index contributed by atoms with van der Waals surface area (Å²) in [7, 11) is 1.18. The Balaban J connectivity index is 2.64. The number of methoxy groups -OCH3 is 1. The summed E-state index contributed by atoms with van der Waals surface area (Å²) in [6, 6.07) is 2.45. The summed E-state index contributed by atoms with van der Waals surface area (Å²) < 4.78 is 8.90. The summed E-state index contributed by atoms with van der Waals surface area (Å²) in [6.07, 6.45) is 0. The fourth-order valence-corrected chi connectivity index (χ4v) is 1.61. The van der Waals surface area contributed by atoms with Crippen LogP contribution in [-0.4, -0.2) is 30.1 Å². The first kappa shape index (κ1) is 11.3. The summed E-state index contributed by atoms with van der Waals surface area (Å²) in [5.74, 6) is -2.28. The standard InChI is InChI=1S/C11H8O6/c1-16-9(13)6-3-8-7(2-5(6)4-12)10(14)17-11(8)15/h2-3,12H,4H2,1H3. The lowest BCUT2D eigenvalue weighted by Gasteiger charge is -2.06. The van der Waals surface area contributed by atoms with Gasteiger partial charge in [-0.15, -0.1) is 0 Å². The van der Waals surface area contributed by atoms with Crippen molar-refractivity contribution in [3.63, 3.8) is 0 Å². The van der Waals surface area contributed by atoms with Gasteiger partial charge in [-0.3, -0.25) is 0 Å². The van der Waals surface area contributed by atoms with Gasteiger partial charge in [-0.1, -0.05) is 0 Å². The molecule has 6 heteroatoms. The molecule has 0 aromatic heterocycles. The lowest BCUT2D eigenvalue weighted by molar-refractivity contribution is 0.0443. The van der Waals surface area contributed by atoms with Crippen LogP contribution in [0, 0.1) is 0 Å². The highest BCUT2D eigenvalue weighted by Crippen LogP contribution is 2.24. The van der Waals surface area contributed by atoms with E-state index >= 15 is 0 Å². The van der Waals surface area contributed by atoms with Crippen LogP contribution >= 0.6 is 0 Å². The lowest BCUT2D eigenvalue weighted by atomic mass is 10.00.